The highest BCUT2D eigenvalue weighted by atomic mass is 35.5. The number of halogens is 1. The van der Waals surface area contributed by atoms with Gasteiger partial charge in [0.1, 0.15) is 6.10 Å². The number of benzene rings is 3. The molecule has 1 amide bonds. The lowest BCUT2D eigenvalue weighted by Crippen LogP contribution is -2.46. The molecule has 1 saturated heterocycles. The zero-order chi connectivity index (χ0) is 24.6. The van der Waals surface area contributed by atoms with Gasteiger partial charge in [-0.25, -0.2) is 0 Å². The number of nitrogens with zero attached hydrogens (tertiary/aromatic N) is 2. The summed E-state index contributed by atoms with van der Waals surface area (Å²) in [6.07, 6.45) is 1.42. The normalized spacial score (nSPS) is 14.5. The molecule has 1 atom stereocenters. The van der Waals surface area contributed by atoms with Crippen molar-refractivity contribution >= 4 is 28.9 Å². The Morgan fingerprint density at radius 1 is 0.943 bits per heavy atom. The Bertz CT molecular complexity index is 1130. The molecule has 0 aromatic heterocycles. The van der Waals surface area contributed by atoms with Crippen LogP contribution in [0.25, 0.3) is 0 Å². The summed E-state index contributed by atoms with van der Waals surface area (Å²) < 4.78 is 0. The highest BCUT2D eigenvalue weighted by molar-refractivity contribution is 6.31. The Morgan fingerprint density at radius 2 is 1.60 bits per heavy atom. The van der Waals surface area contributed by atoms with E-state index in [2.05, 4.69) is 33.8 Å². The van der Waals surface area contributed by atoms with Gasteiger partial charge in [-0.1, -0.05) is 66.7 Å². The van der Waals surface area contributed by atoms with Gasteiger partial charge < -0.3 is 20.2 Å². The SMILES string of the molecule is C=C(C(O)c1ccccc1Cl)N1CCN(c2ccc(NC(=O)CCCc3ccccc3)cc2)CC1. The number of piperazine rings is 1. The molecule has 3 aromatic rings. The average molecular weight is 490 g/mol. The summed E-state index contributed by atoms with van der Waals surface area (Å²) in [7, 11) is 0. The van der Waals surface area contributed by atoms with Crippen molar-refractivity contribution in [2.75, 3.05) is 36.4 Å². The van der Waals surface area contributed by atoms with Crippen molar-refractivity contribution in [1.29, 1.82) is 0 Å². The van der Waals surface area contributed by atoms with Gasteiger partial charge in [-0.2, -0.15) is 0 Å². The number of amides is 1. The van der Waals surface area contributed by atoms with E-state index in [0.717, 1.165) is 50.4 Å². The molecule has 182 valence electrons. The van der Waals surface area contributed by atoms with Crippen LogP contribution in [0.5, 0.6) is 0 Å². The maximum Gasteiger partial charge on any atom is 0.224 e. The lowest BCUT2D eigenvalue weighted by Gasteiger charge is -2.39. The number of hydrogen-bond donors (Lipinski definition) is 2. The molecule has 6 heteroatoms. The van der Waals surface area contributed by atoms with Crippen molar-refractivity contribution in [2.24, 2.45) is 0 Å². The van der Waals surface area contributed by atoms with Crippen molar-refractivity contribution in [1.82, 2.24) is 4.90 Å². The van der Waals surface area contributed by atoms with E-state index >= 15 is 0 Å². The van der Waals surface area contributed by atoms with Gasteiger partial charge in [0.05, 0.1) is 0 Å². The van der Waals surface area contributed by atoms with E-state index < -0.39 is 6.10 Å². The first-order chi connectivity index (χ1) is 17.0. The van der Waals surface area contributed by atoms with Gasteiger partial charge in [0.2, 0.25) is 5.91 Å². The van der Waals surface area contributed by atoms with Gasteiger partial charge in [-0.05, 0) is 48.7 Å². The molecule has 1 heterocycles. The van der Waals surface area contributed by atoms with Crippen LogP contribution in [0, 0.1) is 0 Å². The number of carbonyl (C=O) groups excluding carboxylic acids is 1. The number of aliphatic hydroxyl groups excluding tert-OH is 1. The van der Waals surface area contributed by atoms with Crippen LogP contribution in [0.3, 0.4) is 0 Å². The van der Waals surface area contributed by atoms with E-state index in [4.69, 9.17) is 11.6 Å². The Labute approximate surface area is 212 Å². The Morgan fingerprint density at radius 3 is 2.29 bits per heavy atom. The van der Waals surface area contributed by atoms with Crippen molar-refractivity contribution in [3.63, 3.8) is 0 Å². The second-order valence-electron chi connectivity index (χ2n) is 8.82. The first-order valence-corrected chi connectivity index (χ1v) is 12.4. The molecular formula is C29H32ClN3O2. The number of aryl methyl sites for hydroxylation is 1. The molecule has 0 radical (unpaired) electrons. The van der Waals surface area contributed by atoms with Gasteiger partial charge in [-0.15, -0.1) is 0 Å². The molecule has 1 aliphatic heterocycles. The average Bonchev–Trinajstić information content (AvgIpc) is 2.89. The molecule has 0 spiro atoms. The fourth-order valence-electron chi connectivity index (χ4n) is 4.38. The maximum absolute atomic E-state index is 12.3. The smallest absolute Gasteiger partial charge is 0.224 e. The van der Waals surface area contributed by atoms with Crippen LogP contribution in [0.1, 0.15) is 30.1 Å². The molecule has 35 heavy (non-hydrogen) atoms. The number of carbonyl (C=O) groups is 1. The van der Waals surface area contributed by atoms with Crippen LogP contribution in [-0.2, 0) is 11.2 Å². The van der Waals surface area contributed by atoms with Crippen LogP contribution in [0.15, 0.2) is 91.1 Å². The van der Waals surface area contributed by atoms with Crippen molar-refractivity contribution in [2.45, 2.75) is 25.4 Å². The molecule has 0 saturated carbocycles. The Kier molecular flexibility index (Phi) is 8.45. The summed E-state index contributed by atoms with van der Waals surface area (Å²) in [5, 5.41) is 14.3. The van der Waals surface area contributed by atoms with E-state index in [9.17, 15) is 9.90 Å². The quantitative estimate of drug-likeness (QED) is 0.406. The molecule has 0 aliphatic carbocycles. The largest absolute Gasteiger partial charge is 0.382 e. The van der Waals surface area contributed by atoms with Crippen molar-refractivity contribution in [3.05, 3.63) is 107 Å². The zero-order valence-electron chi connectivity index (χ0n) is 19.9. The zero-order valence-corrected chi connectivity index (χ0v) is 20.6. The first kappa shape index (κ1) is 24.8. The van der Waals surface area contributed by atoms with Crippen LogP contribution in [-0.4, -0.2) is 42.1 Å². The Hall–Kier alpha value is -3.28. The van der Waals surface area contributed by atoms with Gasteiger partial charge in [-0.3, -0.25) is 4.79 Å². The van der Waals surface area contributed by atoms with Crippen LogP contribution in [0.4, 0.5) is 11.4 Å². The highest BCUT2D eigenvalue weighted by Gasteiger charge is 2.24. The van der Waals surface area contributed by atoms with Gasteiger partial charge in [0.25, 0.3) is 0 Å². The number of hydrogen-bond acceptors (Lipinski definition) is 4. The van der Waals surface area contributed by atoms with Crippen LogP contribution in [0.2, 0.25) is 5.02 Å². The van der Waals surface area contributed by atoms with E-state index in [1.807, 2.05) is 60.7 Å². The van der Waals surface area contributed by atoms with Crippen LogP contribution >= 0.6 is 11.6 Å². The molecule has 5 nitrogen and oxygen atoms in total. The third-order valence-corrected chi connectivity index (χ3v) is 6.77. The second-order valence-corrected chi connectivity index (χ2v) is 9.23. The third-order valence-electron chi connectivity index (χ3n) is 6.43. The summed E-state index contributed by atoms with van der Waals surface area (Å²) in [6, 6.07) is 25.6. The summed E-state index contributed by atoms with van der Waals surface area (Å²) in [5.74, 6) is 0.0397. The van der Waals surface area contributed by atoms with E-state index in [1.165, 1.54) is 5.56 Å². The molecule has 4 rings (SSSR count). The van der Waals surface area contributed by atoms with E-state index in [-0.39, 0.29) is 5.91 Å². The number of nitrogens with one attached hydrogen (secondary N) is 1. The number of aliphatic hydroxyl groups is 1. The fraction of sp³-hybridized carbons (Fsp3) is 0.276. The lowest BCUT2D eigenvalue weighted by atomic mass is 10.1. The minimum Gasteiger partial charge on any atom is -0.382 e. The minimum absolute atomic E-state index is 0.0397. The lowest BCUT2D eigenvalue weighted by molar-refractivity contribution is -0.116. The third kappa shape index (κ3) is 6.65. The maximum atomic E-state index is 12.3. The molecule has 1 unspecified atom stereocenters. The molecule has 2 N–H and O–H groups in total. The summed E-state index contributed by atoms with van der Waals surface area (Å²) in [5.41, 5.74) is 4.53. The predicted molar refractivity (Wildman–Crippen MR) is 144 cm³/mol. The predicted octanol–water partition coefficient (Wildman–Crippen LogP) is 5.67. The second kappa shape index (κ2) is 11.9. The van der Waals surface area contributed by atoms with Gasteiger partial charge in [0.15, 0.2) is 0 Å². The van der Waals surface area contributed by atoms with Crippen molar-refractivity contribution in [3.8, 4) is 0 Å². The molecule has 3 aromatic carbocycles. The monoisotopic (exact) mass is 489 g/mol. The number of anilines is 2. The minimum atomic E-state index is -0.814. The van der Waals surface area contributed by atoms with Gasteiger partial charge >= 0.3 is 0 Å². The summed E-state index contributed by atoms with van der Waals surface area (Å²) in [6.45, 7) is 7.30. The molecular weight excluding hydrogens is 458 g/mol. The number of rotatable bonds is 9. The standard InChI is InChI=1S/C29H32ClN3O2/c1-22(29(35)26-11-5-6-12-27(26)30)32-18-20-33(21-19-32)25-16-14-24(15-17-25)31-28(34)13-7-10-23-8-3-2-4-9-23/h2-6,8-9,11-12,14-17,29,35H,1,7,10,13,18-21H2,(H,31,34). The molecule has 1 aliphatic rings. The first-order valence-electron chi connectivity index (χ1n) is 12.1. The topological polar surface area (TPSA) is 55.8 Å². The fourth-order valence-corrected chi connectivity index (χ4v) is 4.62. The molecule has 1 fully saturated rings. The van der Waals surface area contributed by atoms with E-state index in [1.54, 1.807) is 6.07 Å². The summed E-state index contributed by atoms with van der Waals surface area (Å²) >= 11 is 6.25. The summed E-state index contributed by atoms with van der Waals surface area (Å²) in [4.78, 5) is 16.7. The van der Waals surface area contributed by atoms with Crippen molar-refractivity contribution < 1.29 is 9.90 Å². The highest BCUT2D eigenvalue weighted by Crippen LogP contribution is 2.30. The molecule has 0 bridgehead atoms. The van der Waals surface area contributed by atoms with Crippen LogP contribution < -0.4 is 10.2 Å². The Balaban J connectivity index is 1.23. The van der Waals surface area contributed by atoms with E-state index in [0.29, 0.717) is 22.7 Å². The van der Waals surface area contributed by atoms with Gasteiger partial charge in [0, 0.05) is 60.3 Å².